The summed E-state index contributed by atoms with van der Waals surface area (Å²) in [6.45, 7) is 3.78. The van der Waals surface area contributed by atoms with Crippen LogP contribution in [0.15, 0.2) is 24.5 Å². The average molecular weight is 545 g/mol. The average Bonchev–Trinajstić information content (AvgIpc) is 3.65. The van der Waals surface area contributed by atoms with Crippen LogP contribution >= 0.6 is 0 Å². The van der Waals surface area contributed by atoms with Crippen LogP contribution in [0.1, 0.15) is 49.9 Å². The molecule has 2 N–H and O–H groups in total. The molecule has 3 atom stereocenters. The van der Waals surface area contributed by atoms with Crippen molar-refractivity contribution in [2.24, 2.45) is 13.0 Å². The second kappa shape index (κ2) is 13.2. The number of rotatable bonds is 14. The maximum atomic E-state index is 13.5. The predicted molar refractivity (Wildman–Crippen MR) is 143 cm³/mol. The van der Waals surface area contributed by atoms with Gasteiger partial charge in [0.05, 0.1) is 19.6 Å². The summed E-state index contributed by atoms with van der Waals surface area (Å²) >= 11 is 0. The van der Waals surface area contributed by atoms with E-state index in [0.29, 0.717) is 56.1 Å². The van der Waals surface area contributed by atoms with E-state index >= 15 is 0 Å². The Labute approximate surface area is 229 Å². The third-order valence-electron chi connectivity index (χ3n) is 7.79. The van der Waals surface area contributed by atoms with E-state index in [1.165, 1.54) is 0 Å². The number of ether oxygens (including phenoxy) is 3. The van der Waals surface area contributed by atoms with Gasteiger partial charge in [-0.3, -0.25) is 14.5 Å². The standard InChI is InChI=1S/C28H40N4O7/c1-4-5-10-31(11-6-13-33)25(34)17-32-16-20(19-14-22(37-3)27-23(15-19)38-18-39-27)26(28(35)36)21(32)7-8-24-29-9-12-30(24)2/h9,12,14-15,20-21,26,33H,4-8,10-11,13,16-18H2,1-3H3,(H,35,36)/t20-,21+,26-/m1/s1. The maximum absolute atomic E-state index is 13.5. The number of benzene rings is 1. The minimum atomic E-state index is -0.903. The van der Waals surface area contributed by atoms with Crippen molar-refractivity contribution in [2.75, 3.05) is 46.7 Å². The summed E-state index contributed by atoms with van der Waals surface area (Å²) in [6, 6.07) is 3.28. The molecule has 0 spiro atoms. The van der Waals surface area contributed by atoms with Crippen LogP contribution in [0.4, 0.5) is 0 Å². The summed E-state index contributed by atoms with van der Waals surface area (Å²) in [4.78, 5) is 34.5. The summed E-state index contributed by atoms with van der Waals surface area (Å²) in [5, 5.41) is 19.8. The van der Waals surface area contributed by atoms with Gasteiger partial charge < -0.3 is 33.9 Å². The number of carbonyl (C=O) groups excluding carboxylic acids is 1. The van der Waals surface area contributed by atoms with Gasteiger partial charge in [0.15, 0.2) is 11.5 Å². The number of aliphatic hydroxyl groups is 1. The molecule has 0 aliphatic carbocycles. The molecule has 1 amide bonds. The van der Waals surface area contributed by atoms with Gasteiger partial charge in [-0.2, -0.15) is 0 Å². The minimum Gasteiger partial charge on any atom is -0.493 e. The van der Waals surface area contributed by atoms with Gasteiger partial charge in [0.2, 0.25) is 18.4 Å². The molecule has 0 radical (unpaired) electrons. The number of aromatic nitrogens is 2. The largest absolute Gasteiger partial charge is 0.493 e. The second-order valence-corrected chi connectivity index (χ2v) is 10.2. The Hall–Kier alpha value is -3.31. The number of unbranched alkanes of at least 4 members (excludes halogenated alkanes) is 1. The van der Waals surface area contributed by atoms with Crippen LogP contribution < -0.4 is 14.2 Å². The number of likely N-dealkylation sites (tertiary alicyclic amines) is 1. The number of carboxylic acid groups (broad SMARTS) is 1. The van der Waals surface area contributed by atoms with Gasteiger partial charge in [-0.05, 0) is 37.0 Å². The Balaban J connectivity index is 1.64. The molecule has 39 heavy (non-hydrogen) atoms. The molecular weight excluding hydrogens is 504 g/mol. The highest BCUT2D eigenvalue weighted by atomic mass is 16.7. The van der Waals surface area contributed by atoms with Crippen LogP contribution in [0.2, 0.25) is 0 Å². The number of hydrogen-bond donors (Lipinski definition) is 2. The highest BCUT2D eigenvalue weighted by Crippen LogP contribution is 2.47. The number of aliphatic carboxylic acids is 1. The predicted octanol–water partition coefficient (Wildman–Crippen LogP) is 2.27. The number of amides is 1. The number of nitrogens with zero attached hydrogens (tertiary/aromatic N) is 4. The maximum Gasteiger partial charge on any atom is 0.308 e. The summed E-state index contributed by atoms with van der Waals surface area (Å²) in [6.07, 6.45) is 7.06. The highest BCUT2D eigenvalue weighted by molar-refractivity contribution is 5.79. The van der Waals surface area contributed by atoms with E-state index in [0.717, 1.165) is 24.2 Å². The molecule has 11 nitrogen and oxygen atoms in total. The molecule has 4 rings (SSSR count). The fraction of sp³-hybridized carbons (Fsp3) is 0.607. The van der Waals surface area contributed by atoms with Crippen LogP contribution in [0.5, 0.6) is 17.2 Å². The quantitative estimate of drug-likeness (QED) is 0.368. The van der Waals surface area contributed by atoms with Crippen molar-refractivity contribution < 1.29 is 34.0 Å². The van der Waals surface area contributed by atoms with E-state index in [4.69, 9.17) is 14.2 Å². The first-order valence-corrected chi connectivity index (χ1v) is 13.7. The van der Waals surface area contributed by atoms with Gasteiger partial charge in [0.1, 0.15) is 5.82 Å². The van der Waals surface area contributed by atoms with E-state index in [-0.39, 0.29) is 37.8 Å². The van der Waals surface area contributed by atoms with Crippen LogP contribution in [0.3, 0.4) is 0 Å². The Morgan fingerprint density at radius 1 is 1.23 bits per heavy atom. The summed E-state index contributed by atoms with van der Waals surface area (Å²) < 4.78 is 18.6. The Bertz CT molecular complexity index is 1130. The van der Waals surface area contributed by atoms with Gasteiger partial charge in [-0.1, -0.05) is 13.3 Å². The van der Waals surface area contributed by atoms with Crippen molar-refractivity contribution in [3.8, 4) is 17.2 Å². The van der Waals surface area contributed by atoms with E-state index in [1.54, 1.807) is 18.2 Å². The molecule has 214 valence electrons. The Morgan fingerprint density at radius 3 is 2.69 bits per heavy atom. The second-order valence-electron chi connectivity index (χ2n) is 10.2. The number of methoxy groups -OCH3 is 1. The van der Waals surface area contributed by atoms with Crippen molar-refractivity contribution in [2.45, 2.75) is 51.0 Å². The number of hydrogen-bond acceptors (Lipinski definition) is 8. The number of carboxylic acids is 1. The molecule has 0 bridgehead atoms. The molecule has 0 saturated carbocycles. The Kier molecular flexibility index (Phi) is 9.68. The molecule has 1 fully saturated rings. The first-order chi connectivity index (χ1) is 18.9. The van der Waals surface area contributed by atoms with Crippen molar-refractivity contribution in [1.82, 2.24) is 19.4 Å². The topological polar surface area (TPSA) is 127 Å². The molecular formula is C28H40N4O7. The number of carbonyl (C=O) groups is 2. The van der Waals surface area contributed by atoms with Gasteiger partial charge >= 0.3 is 5.97 Å². The SMILES string of the molecule is CCCCN(CCCO)C(=O)CN1C[C@H](c2cc(OC)c3c(c2)OCO3)[C@@H](C(=O)O)[C@@H]1CCc1nccn1C. The molecule has 1 aromatic carbocycles. The summed E-state index contributed by atoms with van der Waals surface area (Å²) in [5.41, 5.74) is 0.781. The number of fused-ring (bicyclic) bond motifs is 1. The van der Waals surface area contributed by atoms with Crippen molar-refractivity contribution in [3.63, 3.8) is 0 Å². The fourth-order valence-corrected chi connectivity index (χ4v) is 5.71. The van der Waals surface area contributed by atoms with E-state index in [9.17, 15) is 19.8 Å². The monoisotopic (exact) mass is 544 g/mol. The van der Waals surface area contributed by atoms with Crippen LogP contribution in [0.25, 0.3) is 0 Å². The molecule has 1 saturated heterocycles. The van der Waals surface area contributed by atoms with Gasteiger partial charge in [0.25, 0.3) is 0 Å². The van der Waals surface area contributed by atoms with Gasteiger partial charge in [-0.15, -0.1) is 0 Å². The van der Waals surface area contributed by atoms with Crippen LogP contribution in [-0.4, -0.2) is 94.2 Å². The first kappa shape index (κ1) is 28.7. The fourth-order valence-electron chi connectivity index (χ4n) is 5.71. The van der Waals surface area contributed by atoms with E-state index in [2.05, 4.69) is 11.9 Å². The lowest BCUT2D eigenvalue weighted by molar-refractivity contribution is -0.143. The lowest BCUT2D eigenvalue weighted by atomic mass is 9.83. The first-order valence-electron chi connectivity index (χ1n) is 13.7. The molecule has 2 aliphatic heterocycles. The molecule has 0 unspecified atom stereocenters. The van der Waals surface area contributed by atoms with E-state index < -0.39 is 11.9 Å². The van der Waals surface area contributed by atoms with Crippen LogP contribution in [0, 0.1) is 5.92 Å². The molecule has 11 heteroatoms. The summed E-state index contributed by atoms with van der Waals surface area (Å²) in [5.74, 6) is 0.328. The number of aliphatic hydroxyl groups excluding tert-OH is 1. The zero-order chi connectivity index (χ0) is 27.9. The third kappa shape index (κ3) is 6.47. The van der Waals surface area contributed by atoms with Crippen molar-refractivity contribution in [1.29, 1.82) is 0 Å². The Morgan fingerprint density at radius 2 is 2.03 bits per heavy atom. The smallest absolute Gasteiger partial charge is 0.308 e. The van der Waals surface area contributed by atoms with Gasteiger partial charge in [0, 0.05) is 64.1 Å². The zero-order valence-electron chi connectivity index (χ0n) is 23.0. The minimum absolute atomic E-state index is 0.0149. The molecule has 3 heterocycles. The van der Waals surface area contributed by atoms with Crippen LogP contribution in [-0.2, 0) is 23.1 Å². The molecule has 2 aromatic rings. The normalized spacial score (nSPS) is 20.4. The highest BCUT2D eigenvalue weighted by Gasteiger charge is 2.47. The van der Waals surface area contributed by atoms with Crippen molar-refractivity contribution in [3.05, 3.63) is 35.9 Å². The van der Waals surface area contributed by atoms with Crippen molar-refractivity contribution >= 4 is 11.9 Å². The third-order valence-corrected chi connectivity index (χ3v) is 7.79. The number of aryl methyl sites for hydroxylation is 2. The lowest BCUT2D eigenvalue weighted by Crippen LogP contribution is -2.45. The summed E-state index contributed by atoms with van der Waals surface area (Å²) in [7, 11) is 3.46. The zero-order valence-corrected chi connectivity index (χ0v) is 23.0. The number of imidazole rings is 1. The molecule has 2 aliphatic rings. The van der Waals surface area contributed by atoms with E-state index in [1.807, 2.05) is 34.8 Å². The molecule has 1 aromatic heterocycles. The lowest BCUT2D eigenvalue weighted by Gasteiger charge is -2.29. The van der Waals surface area contributed by atoms with Gasteiger partial charge in [-0.25, -0.2) is 4.98 Å².